The Kier molecular flexibility index (Phi) is 4.98. The van der Waals surface area contributed by atoms with Gasteiger partial charge in [-0.1, -0.05) is 0 Å². The Bertz CT molecular complexity index is 619. The molecule has 118 valence electrons. The minimum atomic E-state index is -3.65. The summed E-state index contributed by atoms with van der Waals surface area (Å²) in [7, 11) is -2.07. The van der Waals surface area contributed by atoms with Crippen LogP contribution < -0.4 is 5.73 Å². The lowest BCUT2D eigenvalue weighted by Crippen LogP contribution is -2.42. The molecule has 7 heteroatoms. The van der Waals surface area contributed by atoms with E-state index in [-0.39, 0.29) is 28.7 Å². The van der Waals surface area contributed by atoms with Crippen LogP contribution in [0.1, 0.15) is 24.0 Å². The first-order valence-corrected chi connectivity index (χ1v) is 8.36. The van der Waals surface area contributed by atoms with Gasteiger partial charge in [-0.3, -0.25) is 0 Å². The summed E-state index contributed by atoms with van der Waals surface area (Å²) in [5.74, 6) is -0.440. The highest BCUT2D eigenvalue weighted by Gasteiger charge is 2.31. The van der Waals surface area contributed by atoms with Crippen molar-refractivity contribution in [3.05, 3.63) is 29.1 Å². The van der Waals surface area contributed by atoms with Crippen LogP contribution >= 0.6 is 0 Å². The molecule has 1 atom stereocenters. The van der Waals surface area contributed by atoms with E-state index in [0.29, 0.717) is 13.1 Å². The van der Waals surface area contributed by atoms with Gasteiger partial charge in [-0.25, -0.2) is 12.8 Å². The molecule has 1 aliphatic heterocycles. The largest absolute Gasteiger partial charge is 0.380 e. The fourth-order valence-electron chi connectivity index (χ4n) is 2.57. The van der Waals surface area contributed by atoms with Gasteiger partial charge in [0.1, 0.15) is 5.82 Å². The summed E-state index contributed by atoms with van der Waals surface area (Å²) >= 11 is 0. The van der Waals surface area contributed by atoms with Crippen LogP contribution in [0.25, 0.3) is 0 Å². The average molecular weight is 316 g/mol. The predicted octanol–water partition coefficient (Wildman–Crippen LogP) is 1.39. The minimum absolute atomic E-state index is 0.0310. The van der Waals surface area contributed by atoms with E-state index in [0.717, 1.165) is 12.8 Å². The number of piperidine rings is 1. The average Bonchev–Trinajstić information content (AvgIpc) is 2.49. The van der Waals surface area contributed by atoms with Crippen molar-refractivity contribution in [2.45, 2.75) is 37.3 Å². The molecular formula is C14H21FN2O3S. The monoisotopic (exact) mass is 316 g/mol. The number of nitrogens with two attached hydrogens (primary N) is 1. The normalized spacial score (nSPS) is 20.7. The van der Waals surface area contributed by atoms with Crippen LogP contribution in [-0.4, -0.2) is 39.0 Å². The van der Waals surface area contributed by atoms with Crippen LogP contribution in [0, 0.1) is 12.7 Å². The summed E-state index contributed by atoms with van der Waals surface area (Å²) in [6, 6.07) is 2.69. The maximum Gasteiger partial charge on any atom is 0.243 e. The molecular weight excluding hydrogens is 295 g/mol. The topological polar surface area (TPSA) is 72.6 Å². The van der Waals surface area contributed by atoms with Gasteiger partial charge in [-0.05, 0) is 37.5 Å². The molecule has 0 aromatic heterocycles. The lowest BCUT2D eigenvalue weighted by atomic mass is 10.1. The highest BCUT2D eigenvalue weighted by atomic mass is 32.2. The van der Waals surface area contributed by atoms with E-state index in [2.05, 4.69) is 0 Å². The van der Waals surface area contributed by atoms with Crippen molar-refractivity contribution in [1.82, 2.24) is 4.31 Å². The summed E-state index contributed by atoms with van der Waals surface area (Å²) in [4.78, 5) is 0.0959. The molecule has 2 rings (SSSR count). The first-order valence-electron chi connectivity index (χ1n) is 6.92. The number of sulfonamides is 1. The Morgan fingerprint density at radius 1 is 1.48 bits per heavy atom. The molecule has 0 spiro atoms. The van der Waals surface area contributed by atoms with Crippen molar-refractivity contribution < 1.29 is 17.5 Å². The second-order valence-electron chi connectivity index (χ2n) is 5.28. The number of rotatable bonds is 4. The van der Waals surface area contributed by atoms with Gasteiger partial charge < -0.3 is 10.5 Å². The van der Waals surface area contributed by atoms with E-state index >= 15 is 0 Å². The van der Waals surface area contributed by atoms with E-state index in [1.54, 1.807) is 14.0 Å². The molecule has 1 aromatic carbocycles. The fourth-order valence-corrected chi connectivity index (χ4v) is 4.22. The van der Waals surface area contributed by atoms with Crippen molar-refractivity contribution in [2.75, 3.05) is 20.2 Å². The van der Waals surface area contributed by atoms with Crippen LogP contribution in [0.15, 0.2) is 17.0 Å². The van der Waals surface area contributed by atoms with Crippen molar-refractivity contribution in [1.29, 1.82) is 0 Å². The van der Waals surface area contributed by atoms with Gasteiger partial charge >= 0.3 is 0 Å². The number of ether oxygens (including phenoxy) is 1. The van der Waals surface area contributed by atoms with Crippen molar-refractivity contribution in [3.63, 3.8) is 0 Å². The Morgan fingerprint density at radius 2 is 2.19 bits per heavy atom. The third-order valence-corrected chi connectivity index (χ3v) is 5.68. The molecule has 2 N–H and O–H groups in total. The van der Waals surface area contributed by atoms with Gasteiger partial charge in [0.05, 0.1) is 11.0 Å². The number of benzene rings is 1. The van der Waals surface area contributed by atoms with Crippen LogP contribution in [-0.2, 0) is 21.3 Å². The summed E-state index contributed by atoms with van der Waals surface area (Å²) in [5, 5.41) is 0. The number of nitrogens with zero attached hydrogens (tertiary/aromatic N) is 1. The van der Waals surface area contributed by atoms with Gasteiger partial charge in [0.25, 0.3) is 0 Å². The predicted molar refractivity (Wildman–Crippen MR) is 77.8 cm³/mol. The lowest BCUT2D eigenvalue weighted by Gasteiger charge is -2.31. The molecule has 21 heavy (non-hydrogen) atoms. The summed E-state index contributed by atoms with van der Waals surface area (Å²) in [6.07, 6.45) is 1.50. The first-order chi connectivity index (χ1) is 9.90. The zero-order valence-electron chi connectivity index (χ0n) is 12.3. The highest BCUT2D eigenvalue weighted by molar-refractivity contribution is 7.89. The Hall–Kier alpha value is -1.02. The van der Waals surface area contributed by atoms with E-state index in [1.165, 1.54) is 16.4 Å². The van der Waals surface area contributed by atoms with Crippen molar-refractivity contribution >= 4 is 10.0 Å². The van der Waals surface area contributed by atoms with Crippen LogP contribution in [0.3, 0.4) is 0 Å². The molecule has 1 aromatic rings. The highest BCUT2D eigenvalue weighted by Crippen LogP contribution is 2.25. The van der Waals surface area contributed by atoms with Gasteiger partial charge in [0.15, 0.2) is 0 Å². The summed E-state index contributed by atoms with van der Waals surface area (Å²) in [6.45, 7) is 2.29. The maximum atomic E-state index is 13.8. The molecule has 0 saturated carbocycles. The number of methoxy groups -OCH3 is 1. The zero-order chi connectivity index (χ0) is 15.6. The minimum Gasteiger partial charge on any atom is -0.380 e. The second-order valence-corrected chi connectivity index (χ2v) is 7.22. The van der Waals surface area contributed by atoms with Crippen LogP contribution in [0.5, 0.6) is 0 Å². The van der Waals surface area contributed by atoms with Gasteiger partial charge in [-0.2, -0.15) is 4.31 Å². The second kappa shape index (κ2) is 6.39. The smallest absolute Gasteiger partial charge is 0.243 e. The zero-order valence-corrected chi connectivity index (χ0v) is 13.1. The molecule has 1 unspecified atom stereocenters. The van der Waals surface area contributed by atoms with Crippen LogP contribution in [0.4, 0.5) is 4.39 Å². The summed E-state index contributed by atoms with van der Waals surface area (Å²) in [5.41, 5.74) is 5.99. The molecule has 1 heterocycles. The molecule has 0 radical (unpaired) electrons. The van der Waals surface area contributed by atoms with Crippen LogP contribution in [0.2, 0.25) is 0 Å². The van der Waals surface area contributed by atoms with Gasteiger partial charge in [-0.15, -0.1) is 0 Å². The van der Waals surface area contributed by atoms with Crippen molar-refractivity contribution in [2.24, 2.45) is 5.73 Å². The third kappa shape index (κ3) is 3.26. The van der Waals surface area contributed by atoms with Crippen molar-refractivity contribution in [3.8, 4) is 0 Å². The van der Waals surface area contributed by atoms with E-state index in [9.17, 15) is 12.8 Å². The SMILES string of the molecule is COC1CCCN(S(=O)(=O)c2cc(C)c(F)c(CN)c2)C1. The first kappa shape index (κ1) is 16.4. The molecule has 5 nitrogen and oxygen atoms in total. The number of hydrogen-bond donors (Lipinski definition) is 1. The Balaban J connectivity index is 2.37. The third-order valence-electron chi connectivity index (χ3n) is 3.84. The molecule has 0 amide bonds. The lowest BCUT2D eigenvalue weighted by molar-refractivity contribution is 0.0572. The molecule has 0 bridgehead atoms. The summed E-state index contributed by atoms with van der Waals surface area (Å²) < 4.78 is 45.9. The van der Waals surface area contributed by atoms with E-state index < -0.39 is 15.8 Å². The van der Waals surface area contributed by atoms with E-state index in [1.807, 2.05) is 0 Å². The van der Waals surface area contributed by atoms with Gasteiger partial charge in [0.2, 0.25) is 10.0 Å². The van der Waals surface area contributed by atoms with Gasteiger partial charge in [0, 0.05) is 32.3 Å². The molecule has 1 aliphatic rings. The molecule has 0 aliphatic carbocycles. The number of aryl methyl sites for hydroxylation is 1. The Morgan fingerprint density at radius 3 is 2.81 bits per heavy atom. The number of hydrogen-bond acceptors (Lipinski definition) is 4. The maximum absolute atomic E-state index is 13.8. The van der Waals surface area contributed by atoms with E-state index in [4.69, 9.17) is 10.5 Å². The quantitative estimate of drug-likeness (QED) is 0.911. The standard InChI is InChI=1S/C14H21FN2O3S/c1-10-6-13(7-11(8-16)14(10)15)21(18,19)17-5-3-4-12(9-17)20-2/h6-7,12H,3-5,8-9,16H2,1-2H3. The fraction of sp³-hybridized carbons (Fsp3) is 0.571. The molecule has 1 fully saturated rings. The molecule has 1 saturated heterocycles. The Labute approximate surface area is 124 Å². The number of halogens is 1.